The van der Waals surface area contributed by atoms with E-state index in [9.17, 15) is 5.26 Å². The molecule has 0 N–H and O–H groups in total. The highest BCUT2D eigenvalue weighted by molar-refractivity contribution is 7.26. The number of furan rings is 1. The van der Waals surface area contributed by atoms with Crippen LogP contribution in [0.2, 0.25) is 0 Å². The molecule has 0 atom stereocenters. The Labute approximate surface area is 238 Å². The van der Waals surface area contributed by atoms with Crippen LogP contribution in [0.15, 0.2) is 126 Å². The Morgan fingerprint density at radius 3 is 2.00 bits per heavy atom. The van der Waals surface area contributed by atoms with Crippen molar-refractivity contribution in [2.75, 3.05) is 0 Å². The lowest BCUT2D eigenvalue weighted by Gasteiger charge is -2.10. The SMILES string of the molecule is N#Cc1ccc(-c2cccc3c2oc2ccccc23)c2c1sc1c(-n3c4ccccc4c4ccccc43)cccc12. The van der Waals surface area contributed by atoms with E-state index in [1.165, 1.54) is 21.8 Å². The molecule has 3 nitrogen and oxygen atoms in total. The standard InChI is InChI=1S/C37H20N2OS/c38-21-22-19-20-26(28-13-7-12-27-25-11-3-6-18-33(25)40-35(27)28)34-29-14-8-17-32(37(29)41-36(22)34)39-30-15-4-1-9-23(30)24-10-2-5-16-31(24)39/h1-20H. The van der Waals surface area contributed by atoms with Crippen molar-refractivity contribution >= 4 is 75.3 Å². The molecule has 0 saturated carbocycles. The summed E-state index contributed by atoms with van der Waals surface area (Å²) in [6.07, 6.45) is 0. The normalized spacial score (nSPS) is 11.9. The molecule has 0 aliphatic carbocycles. The van der Waals surface area contributed by atoms with Crippen LogP contribution < -0.4 is 0 Å². The first kappa shape index (κ1) is 22.4. The fourth-order valence-electron chi connectivity index (χ4n) is 6.52. The molecule has 3 heterocycles. The van der Waals surface area contributed by atoms with E-state index >= 15 is 0 Å². The molecule has 0 radical (unpaired) electrons. The Hall–Kier alpha value is -5.37. The Bertz CT molecular complexity index is 2500. The summed E-state index contributed by atoms with van der Waals surface area (Å²) in [5.74, 6) is 0. The van der Waals surface area contributed by atoms with Crippen LogP contribution >= 0.6 is 11.3 Å². The van der Waals surface area contributed by atoms with Crippen molar-refractivity contribution < 1.29 is 4.42 Å². The van der Waals surface area contributed by atoms with E-state index in [1.807, 2.05) is 24.3 Å². The summed E-state index contributed by atoms with van der Waals surface area (Å²) < 4.78 is 11.0. The Balaban J connectivity index is 1.42. The summed E-state index contributed by atoms with van der Waals surface area (Å²) in [5, 5.41) is 17.1. The number of fused-ring (bicyclic) bond motifs is 9. The van der Waals surface area contributed by atoms with Crippen molar-refractivity contribution in [2.24, 2.45) is 0 Å². The summed E-state index contributed by atoms with van der Waals surface area (Å²) in [6.45, 7) is 0. The molecule has 6 aromatic carbocycles. The quantitative estimate of drug-likeness (QED) is 0.219. The van der Waals surface area contributed by atoms with E-state index in [0.717, 1.165) is 58.9 Å². The lowest BCUT2D eigenvalue weighted by atomic mass is 9.96. The first-order valence-corrected chi connectivity index (χ1v) is 14.4. The van der Waals surface area contributed by atoms with Crippen LogP contribution in [0.3, 0.4) is 0 Å². The van der Waals surface area contributed by atoms with Gasteiger partial charge in [-0.3, -0.25) is 0 Å². The predicted octanol–water partition coefficient (Wildman–Crippen LogP) is 10.6. The number of hydrogen-bond acceptors (Lipinski definition) is 3. The molecule has 0 amide bonds. The Morgan fingerprint density at radius 2 is 1.22 bits per heavy atom. The second-order valence-corrected chi connectivity index (χ2v) is 11.4. The van der Waals surface area contributed by atoms with Gasteiger partial charge in [0.25, 0.3) is 0 Å². The Kier molecular flexibility index (Phi) is 4.55. The van der Waals surface area contributed by atoms with Crippen molar-refractivity contribution in [3.05, 3.63) is 127 Å². The third-order valence-electron chi connectivity index (χ3n) is 8.26. The number of rotatable bonds is 2. The van der Waals surface area contributed by atoms with Crippen LogP contribution in [0.4, 0.5) is 0 Å². The van der Waals surface area contributed by atoms with Gasteiger partial charge in [-0.1, -0.05) is 91.0 Å². The van der Waals surface area contributed by atoms with Crippen LogP contribution in [0.1, 0.15) is 5.56 Å². The summed E-state index contributed by atoms with van der Waals surface area (Å²) in [5.41, 5.74) is 8.02. The van der Waals surface area contributed by atoms with Gasteiger partial charge in [0, 0.05) is 37.9 Å². The zero-order valence-electron chi connectivity index (χ0n) is 21.8. The van der Waals surface area contributed by atoms with Crippen LogP contribution in [0.25, 0.3) is 80.7 Å². The minimum Gasteiger partial charge on any atom is -0.455 e. The number of thiophene rings is 1. The zero-order valence-corrected chi connectivity index (χ0v) is 22.6. The molecule has 0 fully saturated rings. The van der Waals surface area contributed by atoms with Gasteiger partial charge in [-0.25, -0.2) is 0 Å². The lowest BCUT2D eigenvalue weighted by molar-refractivity contribution is 0.670. The van der Waals surface area contributed by atoms with Gasteiger partial charge in [0.15, 0.2) is 0 Å². The molecule has 0 aliphatic heterocycles. The highest BCUT2D eigenvalue weighted by Gasteiger charge is 2.21. The van der Waals surface area contributed by atoms with Gasteiger partial charge >= 0.3 is 0 Å². The van der Waals surface area contributed by atoms with Crippen LogP contribution in [-0.4, -0.2) is 4.57 Å². The maximum Gasteiger partial charge on any atom is 0.143 e. The van der Waals surface area contributed by atoms with Crippen LogP contribution in [-0.2, 0) is 0 Å². The smallest absolute Gasteiger partial charge is 0.143 e. The number of benzene rings is 6. The molecule has 0 aliphatic rings. The third kappa shape index (κ3) is 3.01. The topological polar surface area (TPSA) is 41.9 Å². The van der Waals surface area contributed by atoms with E-state index in [2.05, 4.69) is 108 Å². The van der Waals surface area contributed by atoms with Gasteiger partial charge in [-0.15, -0.1) is 11.3 Å². The minimum atomic E-state index is 0.690. The first-order valence-electron chi connectivity index (χ1n) is 13.6. The van der Waals surface area contributed by atoms with Gasteiger partial charge in [-0.2, -0.15) is 5.26 Å². The molecule has 41 heavy (non-hydrogen) atoms. The largest absolute Gasteiger partial charge is 0.455 e. The van der Waals surface area contributed by atoms with Gasteiger partial charge in [-0.05, 0) is 35.9 Å². The molecule has 0 spiro atoms. The molecule has 0 bridgehead atoms. The predicted molar refractivity (Wildman–Crippen MR) is 171 cm³/mol. The maximum absolute atomic E-state index is 10.2. The molecule has 3 aromatic heterocycles. The number of nitrogens with zero attached hydrogens (tertiary/aromatic N) is 2. The molecule has 4 heteroatoms. The molecule has 190 valence electrons. The van der Waals surface area contributed by atoms with Crippen molar-refractivity contribution in [3.8, 4) is 22.9 Å². The highest BCUT2D eigenvalue weighted by Crippen LogP contribution is 2.47. The molecular formula is C37H20N2OS. The van der Waals surface area contributed by atoms with Crippen molar-refractivity contribution in [2.45, 2.75) is 0 Å². The fraction of sp³-hybridized carbons (Fsp3) is 0. The van der Waals surface area contributed by atoms with Gasteiger partial charge in [0.1, 0.15) is 17.2 Å². The fourth-order valence-corrected chi connectivity index (χ4v) is 7.81. The number of hydrogen-bond donors (Lipinski definition) is 0. The van der Waals surface area contributed by atoms with Gasteiger partial charge in [0.2, 0.25) is 0 Å². The average molecular weight is 541 g/mol. The average Bonchev–Trinajstić information content (AvgIpc) is 3.71. The van der Waals surface area contributed by atoms with Crippen LogP contribution in [0, 0.1) is 11.3 Å². The van der Waals surface area contributed by atoms with Crippen molar-refractivity contribution in [1.82, 2.24) is 4.57 Å². The third-order valence-corrected chi connectivity index (χ3v) is 9.52. The van der Waals surface area contributed by atoms with Crippen LogP contribution in [0.5, 0.6) is 0 Å². The molecule has 9 aromatic rings. The monoisotopic (exact) mass is 540 g/mol. The first-order chi connectivity index (χ1) is 20.3. The highest BCUT2D eigenvalue weighted by atomic mass is 32.1. The number of para-hydroxylation sites is 4. The van der Waals surface area contributed by atoms with Crippen molar-refractivity contribution in [1.29, 1.82) is 5.26 Å². The zero-order chi connectivity index (χ0) is 27.1. The summed E-state index contributed by atoms with van der Waals surface area (Å²) in [4.78, 5) is 0. The maximum atomic E-state index is 10.2. The lowest BCUT2D eigenvalue weighted by Crippen LogP contribution is -1.93. The van der Waals surface area contributed by atoms with Crippen molar-refractivity contribution in [3.63, 3.8) is 0 Å². The number of aromatic nitrogens is 1. The van der Waals surface area contributed by atoms with E-state index < -0.39 is 0 Å². The summed E-state index contributed by atoms with van der Waals surface area (Å²) >= 11 is 1.70. The molecule has 0 unspecified atom stereocenters. The van der Waals surface area contributed by atoms with E-state index in [-0.39, 0.29) is 0 Å². The molecular weight excluding hydrogens is 520 g/mol. The van der Waals surface area contributed by atoms with E-state index in [0.29, 0.717) is 5.56 Å². The summed E-state index contributed by atoms with van der Waals surface area (Å²) in [6, 6.07) is 44.7. The second-order valence-electron chi connectivity index (χ2n) is 10.4. The second kappa shape index (κ2) is 8.32. The minimum absolute atomic E-state index is 0.690. The van der Waals surface area contributed by atoms with Gasteiger partial charge < -0.3 is 8.98 Å². The van der Waals surface area contributed by atoms with E-state index in [4.69, 9.17) is 4.42 Å². The molecule has 9 rings (SSSR count). The number of nitriles is 1. The molecule has 0 saturated heterocycles. The van der Waals surface area contributed by atoms with Gasteiger partial charge in [0.05, 0.1) is 31.7 Å². The Morgan fingerprint density at radius 1 is 0.561 bits per heavy atom. The summed E-state index contributed by atoms with van der Waals surface area (Å²) in [7, 11) is 0. The van der Waals surface area contributed by atoms with E-state index in [1.54, 1.807) is 11.3 Å².